The number of ketones is 1. The maximum absolute atomic E-state index is 10.8. The Labute approximate surface area is 71.4 Å². The maximum Gasteiger partial charge on any atom is 0.303 e. The van der Waals surface area contributed by atoms with Crippen molar-refractivity contribution in [2.24, 2.45) is 0 Å². The van der Waals surface area contributed by atoms with Gasteiger partial charge in [-0.3, -0.25) is 9.59 Å². The third-order valence-electron chi connectivity index (χ3n) is 1.87. The molecule has 0 heterocycles. The van der Waals surface area contributed by atoms with E-state index >= 15 is 0 Å². The molecule has 0 aromatic carbocycles. The number of rotatable bonds is 1. The standard InChI is InChI=1S/C9H12O3/c1-7(10)12-9(2)5-3-8(11)4-6-9/h3,5H,4,6H2,1-2H3. The molecule has 3 heteroatoms. The van der Waals surface area contributed by atoms with E-state index in [9.17, 15) is 9.59 Å². The summed E-state index contributed by atoms with van der Waals surface area (Å²) in [6, 6.07) is 0. The number of hydrogen-bond donors (Lipinski definition) is 0. The van der Waals surface area contributed by atoms with Crippen LogP contribution in [0.25, 0.3) is 0 Å². The van der Waals surface area contributed by atoms with E-state index in [1.807, 2.05) is 0 Å². The average Bonchev–Trinajstić information content (AvgIpc) is 1.94. The van der Waals surface area contributed by atoms with Gasteiger partial charge in [-0.05, 0) is 25.5 Å². The van der Waals surface area contributed by atoms with Crippen molar-refractivity contribution in [2.75, 3.05) is 0 Å². The molecule has 0 bridgehead atoms. The van der Waals surface area contributed by atoms with Crippen LogP contribution in [0, 0.1) is 0 Å². The molecule has 1 aliphatic rings. The van der Waals surface area contributed by atoms with Crippen LogP contribution >= 0.6 is 0 Å². The van der Waals surface area contributed by atoms with Crippen molar-refractivity contribution >= 4 is 11.8 Å². The zero-order chi connectivity index (χ0) is 9.19. The summed E-state index contributed by atoms with van der Waals surface area (Å²) in [6.07, 6.45) is 4.18. The van der Waals surface area contributed by atoms with Crippen LogP contribution in [0.5, 0.6) is 0 Å². The minimum absolute atomic E-state index is 0.0969. The first-order valence-corrected chi connectivity index (χ1v) is 3.93. The van der Waals surface area contributed by atoms with Crippen LogP contribution in [-0.2, 0) is 14.3 Å². The summed E-state index contributed by atoms with van der Waals surface area (Å²) >= 11 is 0. The number of hydrogen-bond acceptors (Lipinski definition) is 3. The van der Waals surface area contributed by atoms with Crippen LogP contribution < -0.4 is 0 Å². The maximum atomic E-state index is 10.8. The first kappa shape index (κ1) is 8.97. The Morgan fingerprint density at radius 2 is 2.33 bits per heavy atom. The van der Waals surface area contributed by atoms with Crippen LogP contribution in [0.3, 0.4) is 0 Å². The van der Waals surface area contributed by atoms with Gasteiger partial charge in [0.25, 0.3) is 0 Å². The quantitative estimate of drug-likeness (QED) is 0.553. The molecule has 1 unspecified atom stereocenters. The van der Waals surface area contributed by atoms with E-state index in [1.165, 1.54) is 13.0 Å². The van der Waals surface area contributed by atoms with Gasteiger partial charge in [0.2, 0.25) is 0 Å². The highest BCUT2D eigenvalue weighted by molar-refractivity contribution is 5.90. The number of carbonyl (C=O) groups is 2. The van der Waals surface area contributed by atoms with Crippen LogP contribution in [0.15, 0.2) is 12.2 Å². The number of allylic oxidation sites excluding steroid dienone is 1. The molecular weight excluding hydrogens is 156 g/mol. The van der Waals surface area contributed by atoms with Gasteiger partial charge in [-0.15, -0.1) is 0 Å². The fourth-order valence-corrected chi connectivity index (χ4v) is 1.22. The zero-order valence-corrected chi connectivity index (χ0v) is 7.29. The third kappa shape index (κ3) is 2.19. The topological polar surface area (TPSA) is 43.4 Å². The summed E-state index contributed by atoms with van der Waals surface area (Å²) in [5, 5.41) is 0. The monoisotopic (exact) mass is 168 g/mol. The Morgan fingerprint density at radius 3 is 2.75 bits per heavy atom. The third-order valence-corrected chi connectivity index (χ3v) is 1.87. The number of ether oxygens (including phenoxy) is 1. The molecule has 0 aromatic rings. The lowest BCUT2D eigenvalue weighted by molar-refractivity contribution is -0.152. The molecule has 0 aliphatic heterocycles. The highest BCUT2D eigenvalue weighted by Gasteiger charge is 2.28. The van der Waals surface area contributed by atoms with Crippen molar-refractivity contribution in [2.45, 2.75) is 32.3 Å². The fraction of sp³-hybridized carbons (Fsp3) is 0.556. The molecule has 0 spiro atoms. The van der Waals surface area contributed by atoms with Gasteiger partial charge in [-0.2, -0.15) is 0 Å². The van der Waals surface area contributed by atoms with E-state index in [4.69, 9.17) is 4.74 Å². The molecule has 3 nitrogen and oxygen atoms in total. The summed E-state index contributed by atoms with van der Waals surface area (Å²) < 4.78 is 5.05. The van der Waals surface area contributed by atoms with Gasteiger partial charge in [0.1, 0.15) is 5.60 Å². The number of esters is 1. The van der Waals surface area contributed by atoms with E-state index < -0.39 is 5.60 Å². The second-order valence-corrected chi connectivity index (χ2v) is 3.21. The highest BCUT2D eigenvalue weighted by Crippen LogP contribution is 2.23. The average molecular weight is 168 g/mol. The van der Waals surface area contributed by atoms with E-state index in [0.717, 1.165) is 0 Å². The lowest BCUT2D eigenvalue weighted by atomic mass is 9.92. The molecule has 0 amide bonds. The minimum atomic E-state index is -0.570. The molecule has 1 atom stereocenters. The molecule has 12 heavy (non-hydrogen) atoms. The van der Waals surface area contributed by atoms with Gasteiger partial charge in [0.15, 0.2) is 5.78 Å². The Balaban J connectivity index is 2.67. The van der Waals surface area contributed by atoms with E-state index in [0.29, 0.717) is 12.8 Å². The molecule has 0 aromatic heterocycles. The highest BCUT2D eigenvalue weighted by atomic mass is 16.6. The van der Waals surface area contributed by atoms with Crippen molar-refractivity contribution in [1.29, 1.82) is 0 Å². The SMILES string of the molecule is CC(=O)OC1(C)C=CC(=O)CC1. The van der Waals surface area contributed by atoms with Gasteiger partial charge in [0, 0.05) is 13.3 Å². The molecule has 1 rings (SSSR count). The van der Waals surface area contributed by atoms with Crippen molar-refractivity contribution in [3.05, 3.63) is 12.2 Å². The largest absolute Gasteiger partial charge is 0.455 e. The fourth-order valence-electron chi connectivity index (χ4n) is 1.22. The second kappa shape index (κ2) is 3.09. The van der Waals surface area contributed by atoms with Crippen LogP contribution in [0.1, 0.15) is 26.7 Å². The lowest BCUT2D eigenvalue weighted by Crippen LogP contribution is -2.31. The summed E-state index contributed by atoms with van der Waals surface area (Å²) in [5.41, 5.74) is -0.570. The van der Waals surface area contributed by atoms with Gasteiger partial charge in [0.05, 0.1) is 0 Å². The van der Waals surface area contributed by atoms with Crippen molar-refractivity contribution < 1.29 is 14.3 Å². The van der Waals surface area contributed by atoms with Gasteiger partial charge >= 0.3 is 5.97 Å². The van der Waals surface area contributed by atoms with Crippen molar-refractivity contribution in [3.8, 4) is 0 Å². The van der Waals surface area contributed by atoms with Gasteiger partial charge in [-0.1, -0.05) is 0 Å². The minimum Gasteiger partial charge on any atom is -0.455 e. The predicted molar refractivity (Wildman–Crippen MR) is 43.6 cm³/mol. The molecular formula is C9H12O3. The summed E-state index contributed by atoms with van der Waals surface area (Å²) in [4.78, 5) is 21.5. The van der Waals surface area contributed by atoms with Crippen LogP contribution in [-0.4, -0.2) is 17.4 Å². The summed E-state index contributed by atoms with van der Waals surface area (Å²) in [5.74, 6) is -0.212. The van der Waals surface area contributed by atoms with E-state index in [2.05, 4.69) is 0 Å². The van der Waals surface area contributed by atoms with Gasteiger partial charge in [-0.25, -0.2) is 0 Å². The first-order chi connectivity index (χ1) is 5.52. The van der Waals surface area contributed by atoms with E-state index in [1.54, 1.807) is 13.0 Å². The van der Waals surface area contributed by atoms with Gasteiger partial charge < -0.3 is 4.74 Å². The van der Waals surface area contributed by atoms with Crippen LogP contribution in [0.4, 0.5) is 0 Å². The molecule has 0 N–H and O–H groups in total. The molecule has 0 fully saturated rings. The molecule has 1 aliphatic carbocycles. The molecule has 0 saturated heterocycles. The first-order valence-electron chi connectivity index (χ1n) is 3.93. The smallest absolute Gasteiger partial charge is 0.303 e. The lowest BCUT2D eigenvalue weighted by Gasteiger charge is -2.27. The van der Waals surface area contributed by atoms with E-state index in [-0.39, 0.29) is 11.8 Å². The van der Waals surface area contributed by atoms with Crippen molar-refractivity contribution in [1.82, 2.24) is 0 Å². The molecule has 66 valence electrons. The Bertz CT molecular complexity index is 242. The zero-order valence-electron chi connectivity index (χ0n) is 7.29. The van der Waals surface area contributed by atoms with Crippen molar-refractivity contribution in [3.63, 3.8) is 0 Å². The van der Waals surface area contributed by atoms with Crippen LogP contribution in [0.2, 0.25) is 0 Å². The predicted octanol–water partition coefficient (Wildman–Crippen LogP) is 1.23. The summed E-state index contributed by atoms with van der Waals surface area (Å²) in [6.45, 7) is 3.17. The Hall–Kier alpha value is -1.12. The molecule has 0 radical (unpaired) electrons. The Morgan fingerprint density at radius 1 is 1.67 bits per heavy atom. The number of carbonyl (C=O) groups excluding carboxylic acids is 2. The Kier molecular flexibility index (Phi) is 2.31. The summed E-state index contributed by atoms with van der Waals surface area (Å²) in [7, 11) is 0. The normalized spacial score (nSPS) is 28.7. The second-order valence-electron chi connectivity index (χ2n) is 3.21. The molecule has 0 saturated carbocycles.